The second kappa shape index (κ2) is 8.00. The lowest BCUT2D eigenvalue weighted by atomic mass is 10.1. The van der Waals surface area contributed by atoms with Gasteiger partial charge in [-0.3, -0.25) is 4.79 Å². The number of ether oxygens (including phenoxy) is 1. The molecule has 0 radical (unpaired) electrons. The average molecular weight is 409 g/mol. The van der Waals surface area contributed by atoms with Gasteiger partial charge in [0.25, 0.3) is 5.91 Å². The first-order valence-corrected chi connectivity index (χ1v) is 9.93. The highest BCUT2D eigenvalue weighted by Crippen LogP contribution is 2.25. The van der Waals surface area contributed by atoms with Crippen molar-refractivity contribution in [1.29, 1.82) is 0 Å². The Morgan fingerprint density at radius 3 is 2.64 bits per heavy atom. The monoisotopic (exact) mass is 408 g/mol. The molecule has 1 N–H and O–H groups in total. The van der Waals surface area contributed by atoms with Crippen LogP contribution in [0.5, 0.6) is 5.75 Å². The van der Waals surface area contributed by atoms with Gasteiger partial charge in [-0.25, -0.2) is 4.98 Å². The van der Waals surface area contributed by atoms with Gasteiger partial charge in [-0.2, -0.15) is 0 Å². The Hall–Kier alpha value is -2.89. The number of nitrogens with one attached hydrogen (secondary N) is 1. The minimum atomic E-state index is -0.178. The molecule has 140 valence electrons. The van der Waals surface area contributed by atoms with Crippen LogP contribution in [0.2, 0.25) is 5.02 Å². The number of fused-ring (bicyclic) bond motifs is 1. The summed E-state index contributed by atoms with van der Waals surface area (Å²) < 4.78 is 7.03. The fourth-order valence-corrected chi connectivity index (χ4v) is 3.80. The molecule has 4 aromatic rings. The van der Waals surface area contributed by atoms with Crippen molar-refractivity contribution in [2.75, 3.05) is 5.32 Å². The molecule has 4 rings (SSSR count). The summed E-state index contributed by atoms with van der Waals surface area (Å²) in [5.41, 5.74) is 3.21. The van der Waals surface area contributed by atoms with Gasteiger partial charge in [0.05, 0.1) is 10.2 Å². The Kier molecular flexibility index (Phi) is 5.28. The van der Waals surface area contributed by atoms with Crippen molar-refractivity contribution >= 4 is 44.7 Å². The summed E-state index contributed by atoms with van der Waals surface area (Å²) in [5, 5.41) is 4.45. The summed E-state index contributed by atoms with van der Waals surface area (Å²) >= 11 is 7.50. The highest BCUT2D eigenvalue weighted by molar-refractivity contribution is 7.18. The number of benzene rings is 3. The summed E-state index contributed by atoms with van der Waals surface area (Å²) in [6, 6.07) is 20.4. The van der Waals surface area contributed by atoms with E-state index in [9.17, 15) is 4.79 Å². The molecule has 0 fully saturated rings. The largest absolute Gasteiger partial charge is 0.486 e. The van der Waals surface area contributed by atoms with Gasteiger partial charge < -0.3 is 10.1 Å². The first-order valence-electron chi connectivity index (χ1n) is 8.73. The van der Waals surface area contributed by atoms with Crippen LogP contribution in [0, 0.1) is 6.92 Å². The first kappa shape index (κ1) is 18.5. The second-order valence-electron chi connectivity index (χ2n) is 6.30. The number of aryl methyl sites for hydroxylation is 1. The van der Waals surface area contributed by atoms with E-state index in [0.29, 0.717) is 17.2 Å². The van der Waals surface area contributed by atoms with Crippen LogP contribution in [0.3, 0.4) is 0 Å². The molecule has 0 aliphatic carbocycles. The molecule has 1 amide bonds. The number of para-hydroxylation sites is 1. The van der Waals surface area contributed by atoms with E-state index in [1.165, 1.54) is 0 Å². The number of aromatic nitrogens is 1. The zero-order chi connectivity index (χ0) is 19.5. The molecule has 1 heterocycles. The second-order valence-corrected chi connectivity index (χ2v) is 7.85. The maximum Gasteiger partial charge on any atom is 0.255 e. The van der Waals surface area contributed by atoms with Gasteiger partial charge in [-0.05, 0) is 67.1 Å². The third-order valence-electron chi connectivity index (χ3n) is 4.25. The number of carbonyl (C=O) groups is 1. The number of nitrogens with zero attached hydrogens (tertiary/aromatic N) is 1. The lowest BCUT2D eigenvalue weighted by molar-refractivity contribution is 0.102. The van der Waals surface area contributed by atoms with Crippen molar-refractivity contribution < 1.29 is 9.53 Å². The smallest absolute Gasteiger partial charge is 0.255 e. The van der Waals surface area contributed by atoms with Gasteiger partial charge in [-0.15, -0.1) is 11.3 Å². The molecule has 0 saturated heterocycles. The van der Waals surface area contributed by atoms with Crippen LogP contribution in [-0.2, 0) is 6.61 Å². The molecule has 3 aromatic carbocycles. The van der Waals surface area contributed by atoms with Crippen molar-refractivity contribution in [1.82, 2.24) is 4.98 Å². The lowest BCUT2D eigenvalue weighted by Gasteiger charge is -2.11. The van der Waals surface area contributed by atoms with Crippen molar-refractivity contribution in [3.8, 4) is 5.75 Å². The molecule has 6 heteroatoms. The lowest BCUT2D eigenvalue weighted by Crippen LogP contribution is -2.12. The van der Waals surface area contributed by atoms with E-state index in [-0.39, 0.29) is 5.91 Å². The van der Waals surface area contributed by atoms with Gasteiger partial charge in [-0.1, -0.05) is 23.7 Å². The van der Waals surface area contributed by atoms with E-state index in [1.807, 2.05) is 43.3 Å². The number of hydrogen-bond donors (Lipinski definition) is 1. The Balaban J connectivity index is 1.42. The Morgan fingerprint density at radius 1 is 1.11 bits per heavy atom. The van der Waals surface area contributed by atoms with Crippen molar-refractivity contribution in [3.63, 3.8) is 0 Å². The summed E-state index contributed by atoms with van der Waals surface area (Å²) in [6.45, 7) is 2.34. The highest BCUT2D eigenvalue weighted by atomic mass is 35.5. The minimum absolute atomic E-state index is 0.178. The third-order valence-corrected chi connectivity index (χ3v) is 5.51. The summed E-state index contributed by atoms with van der Waals surface area (Å²) in [7, 11) is 0. The molecule has 0 bridgehead atoms. The fraction of sp³-hybridized carbons (Fsp3) is 0.0909. The van der Waals surface area contributed by atoms with Gasteiger partial charge in [0, 0.05) is 16.3 Å². The van der Waals surface area contributed by atoms with Gasteiger partial charge in [0.2, 0.25) is 0 Å². The van der Waals surface area contributed by atoms with Crippen LogP contribution in [0.4, 0.5) is 5.69 Å². The van der Waals surface area contributed by atoms with Crippen LogP contribution in [0.25, 0.3) is 10.2 Å². The number of hydrogen-bond acceptors (Lipinski definition) is 4. The molecular formula is C22H17ClN2O2S. The molecule has 28 heavy (non-hydrogen) atoms. The molecule has 0 aliphatic rings. The van der Waals surface area contributed by atoms with E-state index in [1.54, 1.807) is 35.6 Å². The van der Waals surface area contributed by atoms with E-state index in [2.05, 4.69) is 16.4 Å². The normalized spacial score (nSPS) is 10.8. The van der Waals surface area contributed by atoms with E-state index in [4.69, 9.17) is 16.3 Å². The summed E-state index contributed by atoms with van der Waals surface area (Å²) in [4.78, 5) is 16.9. The van der Waals surface area contributed by atoms with Crippen LogP contribution in [-0.4, -0.2) is 10.9 Å². The topological polar surface area (TPSA) is 51.2 Å². The van der Waals surface area contributed by atoms with Crippen molar-refractivity contribution in [3.05, 3.63) is 87.9 Å². The highest BCUT2D eigenvalue weighted by Gasteiger charge is 2.09. The van der Waals surface area contributed by atoms with Crippen LogP contribution in [0.1, 0.15) is 20.9 Å². The summed E-state index contributed by atoms with van der Waals surface area (Å²) in [5.74, 6) is 0.559. The molecule has 0 unspecified atom stereocenters. The van der Waals surface area contributed by atoms with Gasteiger partial charge in [0.1, 0.15) is 17.4 Å². The predicted molar refractivity (Wildman–Crippen MR) is 115 cm³/mol. The van der Waals surface area contributed by atoms with Crippen LogP contribution < -0.4 is 10.1 Å². The maximum absolute atomic E-state index is 12.4. The number of amides is 1. The fourth-order valence-electron chi connectivity index (χ4n) is 2.79. The van der Waals surface area contributed by atoms with Gasteiger partial charge in [0.15, 0.2) is 0 Å². The third kappa shape index (κ3) is 4.16. The molecule has 0 saturated carbocycles. The van der Waals surface area contributed by atoms with Crippen LogP contribution >= 0.6 is 22.9 Å². The van der Waals surface area contributed by atoms with E-state index >= 15 is 0 Å². The number of rotatable bonds is 5. The zero-order valence-corrected chi connectivity index (χ0v) is 16.7. The van der Waals surface area contributed by atoms with Crippen LogP contribution in [0.15, 0.2) is 66.7 Å². The number of thiazole rings is 1. The number of carbonyl (C=O) groups excluding carboxylic acids is 1. The first-order chi connectivity index (χ1) is 13.6. The predicted octanol–water partition coefficient (Wildman–Crippen LogP) is 6.09. The number of halogens is 1. The standard InChI is InChI=1S/C22H17ClN2O2S/c1-14-12-17(27-13-21-24-19-4-2-3-5-20(19)28-21)10-11-18(14)25-22(26)15-6-8-16(23)9-7-15/h2-12H,13H2,1H3,(H,25,26). The molecule has 0 atom stereocenters. The quantitative estimate of drug-likeness (QED) is 0.434. The Morgan fingerprint density at radius 2 is 1.89 bits per heavy atom. The van der Waals surface area contributed by atoms with E-state index in [0.717, 1.165) is 32.2 Å². The minimum Gasteiger partial charge on any atom is -0.486 e. The SMILES string of the molecule is Cc1cc(OCc2nc3ccccc3s2)ccc1NC(=O)c1ccc(Cl)cc1. The average Bonchev–Trinajstić information content (AvgIpc) is 3.12. The van der Waals surface area contributed by atoms with E-state index < -0.39 is 0 Å². The maximum atomic E-state index is 12.4. The summed E-state index contributed by atoms with van der Waals surface area (Å²) in [6.07, 6.45) is 0. The molecular weight excluding hydrogens is 392 g/mol. The van der Waals surface area contributed by atoms with Gasteiger partial charge >= 0.3 is 0 Å². The van der Waals surface area contributed by atoms with Crippen molar-refractivity contribution in [2.45, 2.75) is 13.5 Å². The zero-order valence-electron chi connectivity index (χ0n) is 15.1. The Labute approximate surface area is 171 Å². The molecule has 0 spiro atoms. The molecule has 0 aliphatic heterocycles. The van der Waals surface area contributed by atoms with Crippen molar-refractivity contribution in [2.24, 2.45) is 0 Å². The number of anilines is 1. The molecule has 4 nitrogen and oxygen atoms in total. The molecule has 1 aromatic heterocycles. The Bertz CT molecular complexity index is 1110.